The van der Waals surface area contributed by atoms with Gasteiger partial charge in [-0.15, -0.1) is 0 Å². The van der Waals surface area contributed by atoms with Crippen molar-refractivity contribution < 1.29 is 52.4 Å². The molecule has 0 aliphatic carbocycles. The Morgan fingerprint density at radius 1 is 0.902 bits per heavy atom. The third-order valence-electron chi connectivity index (χ3n) is 7.85. The molecule has 4 unspecified atom stereocenters. The number of ether oxygens (including phenoxy) is 5. The van der Waals surface area contributed by atoms with Crippen molar-refractivity contribution in [2.24, 2.45) is 0 Å². The molecular formula is C33H38Cl2FN5O10. The van der Waals surface area contributed by atoms with Crippen molar-refractivity contribution in [3.63, 3.8) is 0 Å². The Morgan fingerprint density at radius 3 is 2.10 bits per heavy atom. The number of hydrogen-bond donors (Lipinski definition) is 2. The van der Waals surface area contributed by atoms with Crippen molar-refractivity contribution >= 4 is 53.0 Å². The molecule has 2 aromatic heterocycles. The molecule has 0 bridgehead atoms. The van der Waals surface area contributed by atoms with Crippen LogP contribution in [0.3, 0.4) is 0 Å². The van der Waals surface area contributed by atoms with E-state index < -0.39 is 60.5 Å². The summed E-state index contributed by atoms with van der Waals surface area (Å²) >= 11 is 12.4. The molecule has 0 saturated carbocycles. The smallest absolute Gasteiger partial charge is 0.410 e. The fraction of sp³-hybridized carbons (Fsp3) is 0.455. The summed E-state index contributed by atoms with van der Waals surface area (Å²) in [6.45, 7) is 7.26. The molecule has 18 heteroatoms. The second kappa shape index (κ2) is 17.0. The van der Waals surface area contributed by atoms with Gasteiger partial charge in [0.25, 0.3) is 0 Å². The topological polar surface area (TPSA) is 195 Å². The average molecular weight is 755 g/mol. The molecule has 276 valence electrons. The molecule has 3 heterocycles. The van der Waals surface area contributed by atoms with Crippen molar-refractivity contribution in [2.45, 2.75) is 84.2 Å². The maximum atomic E-state index is 14.1. The third kappa shape index (κ3) is 9.98. The number of pyridine rings is 1. The van der Waals surface area contributed by atoms with Crippen LogP contribution in [0, 0.1) is 5.82 Å². The lowest BCUT2D eigenvalue weighted by atomic mass is 10.1. The van der Waals surface area contributed by atoms with Gasteiger partial charge in [0.1, 0.15) is 11.9 Å². The maximum Gasteiger partial charge on any atom is 0.410 e. The number of rotatable bonds is 12. The second-order valence-electron chi connectivity index (χ2n) is 11.8. The Kier molecular flexibility index (Phi) is 13.1. The van der Waals surface area contributed by atoms with Crippen LogP contribution in [0.5, 0.6) is 5.75 Å². The molecule has 4 rings (SSSR count). The van der Waals surface area contributed by atoms with E-state index in [1.165, 1.54) is 44.7 Å². The standard InChI is InChI=1S/C33H38Cl2FN5O10/c1-16(27-24(34)6-7-25(36)28(27)35)47-26-12-21(13-38-29(26)37)22-14-39-41(15-22)23-8-10-40(11-9-23)33(46)50-19(4)31(44)48-17(2)30(43)49-18(3)32(45)51-20(5)42/h6-7,12-20,23,42H,8-11H2,1-5H3,(H2,37,38)/t16-,17?,18?,19?,20?/m1/s1. The van der Waals surface area contributed by atoms with E-state index in [4.69, 9.17) is 53.0 Å². The average Bonchev–Trinajstić information content (AvgIpc) is 3.57. The molecule has 1 saturated heterocycles. The van der Waals surface area contributed by atoms with E-state index in [9.17, 15) is 23.6 Å². The van der Waals surface area contributed by atoms with Gasteiger partial charge >= 0.3 is 24.0 Å². The van der Waals surface area contributed by atoms with E-state index in [0.717, 1.165) is 5.56 Å². The first-order valence-electron chi connectivity index (χ1n) is 15.9. The Hall–Kier alpha value is -4.67. The van der Waals surface area contributed by atoms with E-state index in [2.05, 4.69) is 14.8 Å². The Balaban J connectivity index is 1.28. The Bertz CT molecular complexity index is 1750. The zero-order valence-electron chi connectivity index (χ0n) is 28.4. The maximum absolute atomic E-state index is 14.1. The molecule has 3 aromatic rings. The summed E-state index contributed by atoms with van der Waals surface area (Å²) in [5.41, 5.74) is 7.73. The van der Waals surface area contributed by atoms with Crippen molar-refractivity contribution in [1.82, 2.24) is 19.7 Å². The van der Waals surface area contributed by atoms with Gasteiger partial charge in [-0.05, 0) is 65.7 Å². The summed E-state index contributed by atoms with van der Waals surface area (Å²) in [6.07, 6.45) is -0.852. The summed E-state index contributed by atoms with van der Waals surface area (Å²) in [7, 11) is 0. The van der Waals surface area contributed by atoms with Crippen LogP contribution in [-0.2, 0) is 33.3 Å². The number of likely N-dealkylation sites (tertiary alicyclic amines) is 1. The first-order chi connectivity index (χ1) is 24.0. The van der Waals surface area contributed by atoms with E-state index in [1.807, 2.05) is 6.20 Å². The lowest BCUT2D eigenvalue weighted by Crippen LogP contribution is -2.42. The molecule has 3 N–H and O–H groups in total. The number of carbonyl (C=O) groups is 4. The van der Waals surface area contributed by atoms with Gasteiger partial charge in [0.15, 0.2) is 36.2 Å². The van der Waals surface area contributed by atoms with Gasteiger partial charge in [0.05, 0.1) is 17.3 Å². The van der Waals surface area contributed by atoms with Gasteiger partial charge in [-0.2, -0.15) is 5.10 Å². The molecule has 0 spiro atoms. The number of piperidine rings is 1. The molecule has 1 aromatic carbocycles. The van der Waals surface area contributed by atoms with Gasteiger partial charge in [-0.25, -0.2) is 28.6 Å². The molecule has 1 fully saturated rings. The molecule has 1 aliphatic heterocycles. The van der Waals surface area contributed by atoms with Crippen LogP contribution in [0.2, 0.25) is 10.0 Å². The minimum absolute atomic E-state index is 0.0490. The molecular weight excluding hydrogens is 716 g/mol. The Morgan fingerprint density at radius 2 is 1.49 bits per heavy atom. The number of benzene rings is 1. The number of nitrogens with zero attached hydrogens (tertiary/aromatic N) is 4. The zero-order chi connectivity index (χ0) is 37.6. The summed E-state index contributed by atoms with van der Waals surface area (Å²) < 4.78 is 41.6. The number of aromatic nitrogens is 3. The number of nitrogens with two attached hydrogens (primary N) is 1. The van der Waals surface area contributed by atoms with Crippen molar-refractivity contribution in [3.8, 4) is 16.9 Å². The molecule has 1 aliphatic rings. The van der Waals surface area contributed by atoms with Crippen LogP contribution in [0.25, 0.3) is 11.1 Å². The number of esters is 3. The normalized spacial score (nSPS) is 16.3. The highest BCUT2D eigenvalue weighted by Crippen LogP contribution is 2.37. The highest BCUT2D eigenvalue weighted by molar-refractivity contribution is 6.36. The van der Waals surface area contributed by atoms with Crippen LogP contribution >= 0.6 is 23.2 Å². The molecule has 1 amide bonds. The van der Waals surface area contributed by atoms with Gasteiger partial charge in [0.2, 0.25) is 0 Å². The van der Waals surface area contributed by atoms with Crippen LogP contribution in [0.15, 0.2) is 36.8 Å². The van der Waals surface area contributed by atoms with Gasteiger partial charge in [0, 0.05) is 47.2 Å². The lowest BCUT2D eigenvalue weighted by Gasteiger charge is -2.32. The van der Waals surface area contributed by atoms with Gasteiger partial charge in [-0.3, -0.25) is 4.68 Å². The summed E-state index contributed by atoms with van der Waals surface area (Å²) in [5.74, 6) is -3.28. The first-order valence-corrected chi connectivity index (χ1v) is 16.7. The fourth-order valence-electron chi connectivity index (χ4n) is 5.05. The van der Waals surface area contributed by atoms with E-state index in [-0.39, 0.29) is 33.2 Å². The second-order valence-corrected chi connectivity index (χ2v) is 12.6. The zero-order valence-corrected chi connectivity index (χ0v) is 29.9. The lowest BCUT2D eigenvalue weighted by molar-refractivity contribution is -0.187. The number of hydrogen-bond acceptors (Lipinski definition) is 13. The van der Waals surface area contributed by atoms with Gasteiger partial charge < -0.3 is 39.4 Å². The summed E-state index contributed by atoms with van der Waals surface area (Å²) in [6, 6.07) is 4.20. The van der Waals surface area contributed by atoms with Crippen LogP contribution in [0.4, 0.5) is 15.0 Å². The largest absolute Gasteiger partial charge is 0.482 e. The number of aliphatic hydroxyl groups is 1. The summed E-state index contributed by atoms with van der Waals surface area (Å²) in [4.78, 5) is 54.9. The summed E-state index contributed by atoms with van der Waals surface area (Å²) in [5, 5.41) is 13.7. The molecule has 15 nitrogen and oxygen atoms in total. The first kappa shape index (κ1) is 39.1. The van der Waals surface area contributed by atoms with Crippen LogP contribution in [-0.4, -0.2) is 86.5 Å². The Labute approximate surface area is 302 Å². The fourth-order valence-corrected chi connectivity index (χ4v) is 5.72. The number of aliphatic hydroxyl groups excluding tert-OH is 1. The van der Waals surface area contributed by atoms with Crippen LogP contribution in [0.1, 0.15) is 65.2 Å². The van der Waals surface area contributed by atoms with E-state index in [1.54, 1.807) is 30.1 Å². The molecule has 51 heavy (non-hydrogen) atoms. The van der Waals surface area contributed by atoms with Crippen molar-refractivity contribution in [1.29, 1.82) is 0 Å². The quantitative estimate of drug-likeness (QED) is 0.108. The number of nitrogen functional groups attached to an aromatic ring is 1. The third-order valence-corrected chi connectivity index (χ3v) is 8.56. The number of amides is 1. The van der Waals surface area contributed by atoms with Gasteiger partial charge in [-0.1, -0.05) is 23.2 Å². The SMILES string of the molecule is CC(O)OC(=O)C(C)OC(=O)C(C)OC(=O)C(C)OC(=O)N1CCC(n2cc(-c3cnc(N)c(O[C@H](C)c4c(Cl)ccc(F)c4Cl)c3)cn2)CC1. The predicted molar refractivity (Wildman–Crippen MR) is 180 cm³/mol. The van der Waals surface area contributed by atoms with E-state index >= 15 is 0 Å². The number of halogens is 3. The van der Waals surface area contributed by atoms with Crippen molar-refractivity contribution in [3.05, 3.63) is 58.2 Å². The number of anilines is 1. The monoisotopic (exact) mass is 753 g/mol. The predicted octanol–water partition coefficient (Wildman–Crippen LogP) is 5.02. The van der Waals surface area contributed by atoms with E-state index in [0.29, 0.717) is 31.5 Å². The van der Waals surface area contributed by atoms with Crippen molar-refractivity contribution in [2.75, 3.05) is 18.8 Å². The molecule has 5 atom stereocenters. The number of carbonyl (C=O) groups excluding carboxylic acids is 4. The minimum atomic E-state index is -1.42. The minimum Gasteiger partial charge on any atom is -0.482 e. The highest BCUT2D eigenvalue weighted by atomic mass is 35.5. The highest BCUT2D eigenvalue weighted by Gasteiger charge is 2.31. The molecule has 0 radical (unpaired) electrons. The van der Waals surface area contributed by atoms with Crippen LogP contribution < -0.4 is 10.5 Å².